The van der Waals surface area contributed by atoms with E-state index in [0.717, 1.165) is 77.6 Å². The Morgan fingerprint density at radius 2 is 2.07 bits per heavy atom. The number of carbonyl (C=O) groups is 1. The molecule has 0 bridgehead atoms. The second-order valence-electron chi connectivity index (χ2n) is 8.14. The summed E-state index contributed by atoms with van der Waals surface area (Å²) in [5.74, 6) is 1.42. The number of hydrogen-bond donors (Lipinski definition) is 0. The Hall–Kier alpha value is -1.57. The van der Waals surface area contributed by atoms with Crippen LogP contribution >= 0.6 is 0 Å². The first-order valence-electron chi connectivity index (χ1n) is 10.3. The summed E-state index contributed by atoms with van der Waals surface area (Å²) < 4.78 is 5.42. The molecule has 2 fully saturated rings. The van der Waals surface area contributed by atoms with Gasteiger partial charge in [0.1, 0.15) is 5.82 Å². The molecule has 148 valence electrons. The van der Waals surface area contributed by atoms with Gasteiger partial charge in [-0.05, 0) is 26.8 Å². The number of aromatic nitrogens is 2. The zero-order valence-electron chi connectivity index (χ0n) is 16.6. The van der Waals surface area contributed by atoms with Crippen LogP contribution in [0, 0.1) is 0 Å². The number of piperidine rings is 1. The van der Waals surface area contributed by atoms with E-state index in [2.05, 4.69) is 21.8 Å². The van der Waals surface area contributed by atoms with Crippen molar-refractivity contribution in [3.8, 4) is 0 Å². The van der Waals surface area contributed by atoms with Crippen LogP contribution in [-0.4, -0.2) is 89.6 Å². The highest BCUT2D eigenvalue weighted by Crippen LogP contribution is 2.27. The molecule has 0 N–H and O–H groups in total. The minimum Gasteiger partial charge on any atom is -0.379 e. The van der Waals surface area contributed by atoms with E-state index in [9.17, 15) is 4.79 Å². The minimum atomic E-state index is -0.0763. The predicted molar refractivity (Wildman–Crippen MR) is 102 cm³/mol. The Labute approximate surface area is 161 Å². The first-order valence-corrected chi connectivity index (χ1v) is 10.3. The number of rotatable bonds is 3. The van der Waals surface area contributed by atoms with Crippen molar-refractivity contribution in [2.45, 2.75) is 44.7 Å². The lowest BCUT2D eigenvalue weighted by atomic mass is 9.96. The second kappa shape index (κ2) is 8.20. The third-order valence-corrected chi connectivity index (χ3v) is 6.19. The lowest BCUT2D eigenvalue weighted by Gasteiger charge is -2.38. The van der Waals surface area contributed by atoms with Crippen LogP contribution in [0.25, 0.3) is 0 Å². The second-order valence-corrected chi connectivity index (χ2v) is 8.14. The molecule has 0 saturated carbocycles. The summed E-state index contributed by atoms with van der Waals surface area (Å²) >= 11 is 0. The number of fused-ring (bicyclic) bond motifs is 1. The van der Waals surface area contributed by atoms with Gasteiger partial charge in [0.2, 0.25) is 5.91 Å². The largest absolute Gasteiger partial charge is 0.379 e. The Morgan fingerprint density at radius 3 is 2.89 bits per heavy atom. The van der Waals surface area contributed by atoms with Crippen LogP contribution in [-0.2, 0) is 22.5 Å². The molecule has 0 spiro atoms. The molecule has 1 amide bonds. The van der Waals surface area contributed by atoms with Gasteiger partial charge in [-0.3, -0.25) is 9.69 Å². The number of amides is 1. The predicted octanol–water partition coefficient (Wildman–Crippen LogP) is 0.891. The van der Waals surface area contributed by atoms with Crippen LogP contribution in [0.3, 0.4) is 0 Å². The molecule has 2 saturated heterocycles. The molecular formula is C20H31N5O2. The summed E-state index contributed by atoms with van der Waals surface area (Å²) in [5, 5.41) is 0. The average molecular weight is 374 g/mol. The topological polar surface area (TPSA) is 61.8 Å². The Bertz CT molecular complexity index is 676. The molecule has 0 radical (unpaired) electrons. The Balaban J connectivity index is 1.42. The van der Waals surface area contributed by atoms with Crippen molar-refractivity contribution in [2.24, 2.45) is 0 Å². The summed E-state index contributed by atoms with van der Waals surface area (Å²) in [6, 6.07) is -0.0763. The van der Waals surface area contributed by atoms with Gasteiger partial charge in [0, 0.05) is 69.1 Å². The molecule has 0 aromatic carbocycles. The Morgan fingerprint density at radius 1 is 1.26 bits per heavy atom. The number of likely N-dealkylation sites (tertiary alicyclic amines) is 1. The summed E-state index contributed by atoms with van der Waals surface area (Å²) in [4.78, 5) is 29.2. The van der Waals surface area contributed by atoms with Gasteiger partial charge in [0.05, 0.1) is 19.3 Å². The highest BCUT2D eigenvalue weighted by atomic mass is 16.5. The van der Waals surface area contributed by atoms with Crippen molar-refractivity contribution >= 4 is 5.91 Å². The van der Waals surface area contributed by atoms with Gasteiger partial charge in [-0.15, -0.1) is 0 Å². The van der Waals surface area contributed by atoms with Crippen molar-refractivity contribution in [1.82, 2.24) is 24.7 Å². The average Bonchev–Trinajstić information content (AvgIpc) is 2.73. The maximum Gasteiger partial charge on any atom is 0.239 e. The molecule has 3 aliphatic rings. The van der Waals surface area contributed by atoms with E-state index >= 15 is 0 Å². The van der Waals surface area contributed by atoms with Gasteiger partial charge in [0.25, 0.3) is 0 Å². The van der Waals surface area contributed by atoms with E-state index in [-0.39, 0.29) is 17.9 Å². The van der Waals surface area contributed by atoms with Crippen molar-refractivity contribution in [2.75, 3.05) is 53.0 Å². The van der Waals surface area contributed by atoms with E-state index < -0.39 is 0 Å². The highest BCUT2D eigenvalue weighted by molar-refractivity contribution is 5.81. The highest BCUT2D eigenvalue weighted by Gasteiger charge is 2.32. The fourth-order valence-electron chi connectivity index (χ4n) is 4.44. The maximum atomic E-state index is 13.0. The number of nitrogens with zero attached hydrogens (tertiary/aromatic N) is 5. The fourth-order valence-corrected chi connectivity index (χ4v) is 4.44. The van der Waals surface area contributed by atoms with Crippen molar-refractivity contribution in [1.29, 1.82) is 0 Å². The molecule has 1 aromatic rings. The van der Waals surface area contributed by atoms with Crippen LogP contribution in [0.2, 0.25) is 0 Å². The number of morpholine rings is 1. The van der Waals surface area contributed by atoms with Gasteiger partial charge in [-0.1, -0.05) is 0 Å². The Kier molecular flexibility index (Phi) is 5.71. The van der Waals surface area contributed by atoms with Gasteiger partial charge in [-0.25, -0.2) is 9.97 Å². The molecular weight excluding hydrogens is 342 g/mol. The number of ether oxygens (including phenoxy) is 1. The van der Waals surface area contributed by atoms with Crippen molar-refractivity contribution in [3.63, 3.8) is 0 Å². The zero-order valence-corrected chi connectivity index (χ0v) is 16.6. The van der Waals surface area contributed by atoms with Gasteiger partial charge < -0.3 is 14.5 Å². The van der Waals surface area contributed by atoms with Crippen LogP contribution in [0.4, 0.5) is 0 Å². The summed E-state index contributed by atoms with van der Waals surface area (Å²) in [6.45, 7) is 8.72. The van der Waals surface area contributed by atoms with E-state index in [4.69, 9.17) is 9.72 Å². The molecule has 2 unspecified atom stereocenters. The van der Waals surface area contributed by atoms with Crippen LogP contribution in [0.15, 0.2) is 6.20 Å². The lowest BCUT2D eigenvalue weighted by Crippen LogP contribution is -2.52. The molecule has 4 rings (SSSR count). The fraction of sp³-hybridized carbons (Fsp3) is 0.750. The molecule has 2 atom stereocenters. The van der Waals surface area contributed by atoms with E-state index in [1.165, 1.54) is 11.3 Å². The van der Waals surface area contributed by atoms with E-state index in [1.54, 1.807) is 0 Å². The third kappa shape index (κ3) is 4.15. The standard InChI is InChI=1S/C20H31N5O2/c1-15(24-8-10-27-11-9-24)20(26)25-6-3-4-16(14-25)19-21-12-17-13-23(2)7-5-18(17)22-19/h12,15-16H,3-11,13-14H2,1-2H3. The van der Waals surface area contributed by atoms with Gasteiger partial charge in [0.15, 0.2) is 0 Å². The molecule has 3 aliphatic heterocycles. The lowest BCUT2D eigenvalue weighted by molar-refractivity contribution is -0.139. The van der Waals surface area contributed by atoms with Crippen LogP contribution < -0.4 is 0 Å². The third-order valence-electron chi connectivity index (χ3n) is 6.19. The molecule has 1 aromatic heterocycles. The first kappa shape index (κ1) is 18.8. The molecule has 27 heavy (non-hydrogen) atoms. The quantitative estimate of drug-likeness (QED) is 0.784. The van der Waals surface area contributed by atoms with Crippen LogP contribution in [0.1, 0.15) is 42.8 Å². The van der Waals surface area contributed by atoms with E-state index in [1.807, 2.05) is 18.0 Å². The monoisotopic (exact) mass is 373 g/mol. The van der Waals surface area contributed by atoms with Gasteiger partial charge >= 0.3 is 0 Å². The van der Waals surface area contributed by atoms with Crippen molar-refractivity contribution in [3.05, 3.63) is 23.3 Å². The molecule has 0 aliphatic carbocycles. The first-order chi connectivity index (χ1) is 13.1. The summed E-state index contributed by atoms with van der Waals surface area (Å²) in [5.41, 5.74) is 2.44. The minimum absolute atomic E-state index is 0.0763. The summed E-state index contributed by atoms with van der Waals surface area (Å²) in [7, 11) is 2.14. The van der Waals surface area contributed by atoms with E-state index in [0.29, 0.717) is 0 Å². The summed E-state index contributed by atoms with van der Waals surface area (Å²) in [6.07, 6.45) is 5.08. The smallest absolute Gasteiger partial charge is 0.239 e. The number of likely N-dealkylation sites (N-methyl/N-ethyl adjacent to an activating group) is 1. The normalized spacial score (nSPS) is 25.9. The molecule has 4 heterocycles. The van der Waals surface area contributed by atoms with Crippen molar-refractivity contribution < 1.29 is 9.53 Å². The SMILES string of the molecule is CC(C(=O)N1CCCC(c2ncc3c(n2)CCN(C)C3)C1)N1CCOCC1. The maximum absolute atomic E-state index is 13.0. The number of hydrogen-bond acceptors (Lipinski definition) is 6. The van der Waals surface area contributed by atoms with Crippen LogP contribution in [0.5, 0.6) is 0 Å². The molecule has 7 heteroatoms. The number of carbonyl (C=O) groups excluding carboxylic acids is 1. The zero-order chi connectivity index (χ0) is 18.8. The molecule has 7 nitrogen and oxygen atoms in total. The van der Waals surface area contributed by atoms with Gasteiger partial charge in [-0.2, -0.15) is 0 Å².